The summed E-state index contributed by atoms with van der Waals surface area (Å²) in [6.07, 6.45) is 3.01. The Morgan fingerprint density at radius 3 is 2.58 bits per heavy atom. The first kappa shape index (κ1) is 22.7. The van der Waals surface area contributed by atoms with Gasteiger partial charge in [0.25, 0.3) is 0 Å². The van der Waals surface area contributed by atoms with Gasteiger partial charge in [-0.05, 0) is 38.1 Å². The second kappa shape index (κ2) is 9.20. The Kier molecular flexibility index (Phi) is 6.34. The van der Waals surface area contributed by atoms with E-state index in [1.165, 1.54) is 6.20 Å². The van der Waals surface area contributed by atoms with E-state index in [-0.39, 0.29) is 23.6 Å². The van der Waals surface area contributed by atoms with Gasteiger partial charge >= 0.3 is 0 Å². The van der Waals surface area contributed by atoms with Crippen LogP contribution in [0, 0.1) is 0 Å². The molecule has 1 aliphatic heterocycles. The van der Waals surface area contributed by atoms with Gasteiger partial charge in [0.05, 0.1) is 25.0 Å². The first-order valence-corrected chi connectivity index (χ1v) is 12.1. The number of aliphatic hydroxyl groups excluding tert-OH is 1. The SMILES string of the molecule is C[C@@H]1COC(c2ccc(-c3cc(Oc4cnc(S(C)(=O)=O)cn4)cc(O[C@@H](C)CO)c3)[nH]2)=N1. The fraction of sp³-hybridized carbons (Fsp3) is 0.318. The third-order valence-electron chi connectivity index (χ3n) is 4.71. The van der Waals surface area contributed by atoms with E-state index in [0.717, 1.165) is 29.4 Å². The summed E-state index contributed by atoms with van der Waals surface area (Å²) in [6, 6.07) is 9.12. The summed E-state index contributed by atoms with van der Waals surface area (Å²) < 4.78 is 40.4. The van der Waals surface area contributed by atoms with Gasteiger partial charge in [-0.2, -0.15) is 0 Å². The number of aliphatic hydroxyl groups is 1. The molecule has 1 aromatic carbocycles. The maximum absolute atomic E-state index is 11.6. The fourth-order valence-electron chi connectivity index (χ4n) is 3.10. The van der Waals surface area contributed by atoms with Crippen LogP contribution in [0.3, 0.4) is 0 Å². The van der Waals surface area contributed by atoms with Crippen molar-refractivity contribution in [2.45, 2.75) is 31.0 Å². The molecule has 1 aliphatic rings. The maximum atomic E-state index is 11.6. The third kappa shape index (κ3) is 5.49. The van der Waals surface area contributed by atoms with Gasteiger partial charge in [-0.1, -0.05) is 0 Å². The highest BCUT2D eigenvalue weighted by Gasteiger charge is 2.18. The largest absolute Gasteiger partial charge is 0.488 e. The standard InChI is InChI=1S/C22H24N4O6S/c1-13-12-30-22(25-13)19-5-4-18(26-19)15-6-16(31-14(2)11-27)8-17(7-15)32-20-9-24-21(10-23-20)33(3,28)29/h4-10,13-14,26-27H,11-12H2,1-3H3/t13-,14+/m1/s1. The second-order valence-corrected chi connectivity index (χ2v) is 9.71. The molecule has 0 radical (unpaired) electrons. The number of rotatable bonds is 8. The molecular weight excluding hydrogens is 448 g/mol. The zero-order chi connectivity index (χ0) is 23.6. The van der Waals surface area contributed by atoms with E-state index in [1.54, 1.807) is 19.1 Å². The summed E-state index contributed by atoms with van der Waals surface area (Å²) in [5, 5.41) is 9.22. The summed E-state index contributed by atoms with van der Waals surface area (Å²) in [5.74, 6) is 1.56. The lowest BCUT2D eigenvalue weighted by molar-refractivity contribution is 0.129. The zero-order valence-electron chi connectivity index (χ0n) is 18.3. The molecule has 174 valence electrons. The second-order valence-electron chi connectivity index (χ2n) is 7.75. The van der Waals surface area contributed by atoms with Crippen LogP contribution in [0.2, 0.25) is 0 Å². The van der Waals surface area contributed by atoms with E-state index >= 15 is 0 Å². The van der Waals surface area contributed by atoms with Crippen molar-refractivity contribution in [2.75, 3.05) is 19.5 Å². The Hall–Kier alpha value is -3.44. The average molecular weight is 473 g/mol. The third-order valence-corrected chi connectivity index (χ3v) is 5.68. The lowest BCUT2D eigenvalue weighted by Crippen LogP contribution is -2.16. The van der Waals surface area contributed by atoms with E-state index in [9.17, 15) is 13.5 Å². The van der Waals surface area contributed by atoms with E-state index in [2.05, 4.69) is 19.9 Å². The minimum Gasteiger partial charge on any atom is -0.488 e. The molecule has 0 bridgehead atoms. The molecule has 33 heavy (non-hydrogen) atoms. The van der Waals surface area contributed by atoms with Gasteiger partial charge in [-0.15, -0.1) is 0 Å². The molecule has 0 aliphatic carbocycles. The number of aromatic amines is 1. The van der Waals surface area contributed by atoms with Gasteiger partial charge in [0.1, 0.15) is 29.9 Å². The lowest BCUT2D eigenvalue weighted by Gasteiger charge is -2.15. The van der Waals surface area contributed by atoms with E-state index in [1.807, 2.05) is 25.1 Å². The number of aromatic nitrogens is 3. The lowest BCUT2D eigenvalue weighted by atomic mass is 10.1. The Bertz CT molecular complexity index is 1270. The molecule has 10 nitrogen and oxygen atoms in total. The van der Waals surface area contributed by atoms with Gasteiger partial charge in [-0.25, -0.2) is 23.4 Å². The van der Waals surface area contributed by atoms with Gasteiger partial charge in [0.15, 0.2) is 14.9 Å². The first-order chi connectivity index (χ1) is 15.7. The molecule has 0 fully saturated rings. The number of aliphatic imine (C=N–C) groups is 1. The molecule has 2 atom stereocenters. The summed E-state index contributed by atoms with van der Waals surface area (Å²) in [5.41, 5.74) is 2.29. The van der Waals surface area contributed by atoms with Crippen molar-refractivity contribution in [1.82, 2.24) is 15.0 Å². The highest BCUT2D eigenvalue weighted by molar-refractivity contribution is 7.90. The number of benzene rings is 1. The van der Waals surface area contributed by atoms with Crippen LogP contribution < -0.4 is 9.47 Å². The molecule has 2 N–H and O–H groups in total. The van der Waals surface area contributed by atoms with Gasteiger partial charge in [-0.3, -0.25) is 0 Å². The molecule has 0 saturated heterocycles. The van der Waals surface area contributed by atoms with Crippen molar-refractivity contribution in [2.24, 2.45) is 4.99 Å². The van der Waals surface area contributed by atoms with Crippen LogP contribution >= 0.6 is 0 Å². The summed E-state index contributed by atoms with van der Waals surface area (Å²) in [6.45, 7) is 4.12. The quantitative estimate of drug-likeness (QED) is 0.511. The smallest absolute Gasteiger partial charge is 0.237 e. The highest BCUT2D eigenvalue weighted by atomic mass is 32.2. The number of nitrogens with one attached hydrogen (secondary N) is 1. The monoisotopic (exact) mass is 472 g/mol. The number of ether oxygens (including phenoxy) is 3. The molecular formula is C22H24N4O6S. The predicted molar refractivity (Wildman–Crippen MR) is 121 cm³/mol. The normalized spacial score (nSPS) is 16.7. The molecule has 4 rings (SSSR count). The molecule has 0 saturated carbocycles. The Labute approximate surface area is 191 Å². The first-order valence-electron chi connectivity index (χ1n) is 10.2. The van der Waals surface area contributed by atoms with Gasteiger partial charge in [0, 0.05) is 23.6 Å². The van der Waals surface area contributed by atoms with Crippen molar-refractivity contribution in [3.05, 3.63) is 48.4 Å². The van der Waals surface area contributed by atoms with E-state index < -0.39 is 15.9 Å². The molecule has 11 heteroatoms. The van der Waals surface area contributed by atoms with Crippen molar-refractivity contribution < 1.29 is 27.7 Å². The van der Waals surface area contributed by atoms with E-state index in [0.29, 0.717) is 24.0 Å². The fourth-order valence-corrected chi connectivity index (χ4v) is 3.59. The number of hydrogen-bond acceptors (Lipinski definition) is 9. The Morgan fingerprint density at radius 2 is 1.94 bits per heavy atom. The van der Waals surface area contributed by atoms with Crippen LogP contribution in [-0.2, 0) is 14.6 Å². The maximum Gasteiger partial charge on any atom is 0.237 e. The van der Waals surface area contributed by atoms with Crippen molar-refractivity contribution >= 4 is 15.7 Å². The predicted octanol–water partition coefficient (Wildman–Crippen LogP) is 2.59. The molecule has 3 heterocycles. The molecule has 2 aromatic heterocycles. The molecule has 0 unspecified atom stereocenters. The minimum absolute atomic E-state index is 0.110. The van der Waals surface area contributed by atoms with Crippen LogP contribution in [0.5, 0.6) is 17.4 Å². The van der Waals surface area contributed by atoms with Crippen molar-refractivity contribution in [3.8, 4) is 28.6 Å². The minimum atomic E-state index is -3.46. The summed E-state index contributed by atoms with van der Waals surface area (Å²) >= 11 is 0. The van der Waals surface area contributed by atoms with Crippen molar-refractivity contribution in [3.63, 3.8) is 0 Å². The topological polar surface area (TPSA) is 136 Å². The van der Waals surface area contributed by atoms with Gasteiger partial charge in [0.2, 0.25) is 11.8 Å². The number of hydrogen-bond donors (Lipinski definition) is 2. The summed E-state index contributed by atoms with van der Waals surface area (Å²) in [7, 11) is -3.46. The molecule has 0 spiro atoms. The van der Waals surface area contributed by atoms with Crippen LogP contribution in [0.25, 0.3) is 11.3 Å². The molecule has 0 amide bonds. The highest BCUT2D eigenvalue weighted by Crippen LogP contribution is 2.32. The van der Waals surface area contributed by atoms with Crippen molar-refractivity contribution in [1.29, 1.82) is 0 Å². The molecule has 3 aromatic rings. The van der Waals surface area contributed by atoms with Crippen LogP contribution in [0.15, 0.2) is 52.7 Å². The number of nitrogens with zero attached hydrogens (tertiary/aromatic N) is 3. The van der Waals surface area contributed by atoms with Crippen LogP contribution in [0.4, 0.5) is 0 Å². The average Bonchev–Trinajstić information content (AvgIpc) is 3.42. The Balaban J connectivity index is 1.65. The van der Waals surface area contributed by atoms with Gasteiger partial charge < -0.3 is 24.3 Å². The summed E-state index contributed by atoms with van der Waals surface area (Å²) in [4.78, 5) is 15.7. The Morgan fingerprint density at radius 1 is 1.18 bits per heavy atom. The number of sulfone groups is 1. The van der Waals surface area contributed by atoms with Crippen LogP contribution in [0.1, 0.15) is 19.5 Å². The van der Waals surface area contributed by atoms with Crippen LogP contribution in [-0.4, -0.2) is 66.0 Å². The zero-order valence-corrected chi connectivity index (χ0v) is 19.2. The van der Waals surface area contributed by atoms with E-state index in [4.69, 9.17) is 14.2 Å². The number of H-pyrrole nitrogens is 1.